The summed E-state index contributed by atoms with van der Waals surface area (Å²) in [5, 5.41) is 2.87. The lowest BCUT2D eigenvalue weighted by Gasteiger charge is -2.25. The second kappa shape index (κ2) is 8.83. The third-order valence-electron chi connectivity index (χ3n) is 5.18. The number of amides is 2. The second-order valence-electron chi connectivity index (χ2n) is 7.18. The van der Waals surface area contributed by atoms with Crippen molar-refractivity contribution in [1.82, 2.24) is 0 Å². The van der Waals surface area contributed by atoms with Crippen molar-refractivity contribution in [2.24, 2.45) is 0 Å². The monoisotopic (exact) mass is 414 g/mol. The van der Waals surface area contributed by atoms with Gasteiger partial charge in [0.1, 0.15) is 6.04 Å². The van der Waals surface area contributed by atoms with Crippen molar-refractivity contribution in [2.45, 2.75) is 19.4 Å². The summed E-state index contributed by atoms with van der Waals surface area (Å²) in [6.07, 6.45) is 0.432. The van der Waals surface area contributed by atoms with Crippen LogP contribution < -0.4 is 10.2 Å². The third kappa shape index (κ3) is 4.19. The Kier molecular flexibility index (Phi) is 5.80. The smallest absolute Gasteiger partial charge is 0.338 e. The van der Waals surface area contributed by atoms with Gasteiger partial charge in [-0.15, -0.1) is 0 Å². The molecule has 4 rings (SSSR count). The normalized spacial score (nSPS) is 14.6. The molecule has 0 bridgehead atoms. The maximum absolute atomic E-state index is 13.3. The molecule has 0 fully saturated rings. The molecule has 0 saturated carbocycles. The lowest BCUT2D eigenvalue weighted by atomic mass is 10.1. The number of hydrogen-bond donors (Lipinski definition) is 1. The standard InChI is InChI=1S/C25H22N2O4/c1-2-31-25(30)18-12-14-20(15-13-18)26-23(28)22-16-19-10-6-7-11-21(19)27(22)24(29)17-8-4-3-5-9-17/h3-15,22H,2,16H2,1H3,(H,26,28)/t22-/m0/s1. The first kappa shape index (κ1) is 20.3. The predicted octanol–water partition coefficient (Wildman–Crippen LogP) is 4.07. The van der Waals surface area contributed by atoms with Crippen LogP contribution in [0.25, 0.3) is 0 Å². The summed E-state index contributed by atoms with van der Waals surface area (Å²) in [7, 11) is 0. The minimum absolute atomic E-state index is 0.219. The summed E-state index contributed by atoms with van der Waals surface area (Å²) >= 11 is 0. The number of carbonyl (C=O) groups is 3. The topological polar surface area (TPSA) is 75.7 Å². The molecule has 3 aromatic rings. The highest BCUT2D eigenvalue weighted by molar-refractivity contribution is 6.13. The number of hydrogen-bond acceptors (Lipinski definition) is 4. The molecular weight excluding hydrogens is 392 g/mol. The Morgan fingerprint density at radius 1 is 0.903 bits per heavy atom. The van der Waals surface area contributed by atoms with E-state index in [0.717, 1.165) is 11.3 Å². The number of rotatable bonds is 5. The molecule has 6 nitrogen and oxygen atoms in total. The summed E-state index contributed by atoms with van der Waals surface area (Å²) in [6, 6.07) is 22.3. The second-order valence-corrected chi connectivity index (χ2v) is 7.18. The fraction of sp³-hybridized carbons (Fsp3) is 0.160. The molecule has 0 aromatic heterocycles. The Morgan fingerprint density at radius 2 is 1.58 bits per heavy atom. The molecule has 2 amide bonds. The lowest BCUT2D eigenvalue weighted by Crippen LogP contribution is -2.45. The molecule has 0 unspecified atom stereocenters. The zero-order chi connectivity index (χ0) is 21.8. The van der Waals surface area contributed by atoms with Gasteiger partial charge < -0.3 is 10.1 Å². The van der Waals surface area contributed by atoms with Gasteiger partial charge in [0.25, 0.3) is 5.91 Å². The number of nitrogens with zero attached hydrogens (tertiary/aromatic N) is 1. The molecule has 0 radical (unpaired) electrons. The van der Waals surface area contributed by atoms with Gasteiger partial charge in [-0.05, 0) is 55.0 Å². The fourth-order valence-electron chi connectivity index (χ4n) is 3.70. The molecule has 1 aliphatic rings. The van der Waals surface area contributed by atoms with Crippen molar-refractivity contribution < 1.29 is 19.1 Å². The van der Waals surface area contributed by atoms with E-state index < -0.39 is 12.0 Å². The van der Waals surface area contributed by atoms with Gasteiger partial charge in [0.15, 0.2) is 0 Å². The van der Waals surface area contributed by atoms with E-state index in [9.17, 15) is 14.4 Å². The number of carbonyl (C=O) groups excluding carboxylic acids is 3. The lowest BCUT2D eigenvalue weighted by molar-refractivity contribution is -0.117. The Hall–Kier alpha value is -3.93. The molecule has 1 aliphatic heterocycles. The Labute approximate surface area is 180 Å². The van der Waals surface area contributed by atoms with Gasteiger partial charge in [-0.1, -0.05) is 36.4 Å². The van der Waals surface area contributed by atoms with E-state index in [0.29, 0.717) is 29.8 Å². The average molecular weight is 414 g/mol. The molecule has 0 spiro atoms. The molecule has 0 aliphatic carbocycles. The van der Waals surface area contributed by atoms with Gasteiger partial charge in [-0.3, -0.25) is 14.5 Å². The van der Waals surface area contributed by atoms with Gasteiger partial charge in [-0.2, -0.15) is 0 Å². The van der Waals surface area contributed by atoms with E-state index in [-0.39, 0.29) is 11.8 Å². The van der Waals surface area contributed by atoms with Crippen LogP contribution in [-0.2, 0) is 16.0 Å². The van der Waals surface area contributed by atoms with Gasteiger partial charge in [0, 0.05) is 23.4 Å². The first-order valence-corrected chi connectivity index (χ1v) is 10.1. The van der Waals surface area contributed by atoms with E-state index in [1.807, 2.05) is 30.3 Å². The SMILES string of the molecule is CCOC(=O)c1ccc(NC(=O)[C@@H]2Cc3ccccc3N2C(=O)c2ccccc2)cc1. The summed E-state index contributed by atoms with van der Waals surface area (Å²) in [5.41, 5.74) is 3.17. The van der Waals surface area contributed by atoms with Crippen molar-refractivity contribution in [3.8, 4) is 0 Å². The number of fused-ring (bicyclic) bond motifs is 1. The number of nitrogens with one attached hydrogen (secondary N) is 1. The van der Waals surface area contributed by atoms with E-state index in [1.165, 1.54) is 0 Å². The van der Waals surface area contributed by atoms with Crippen molar-refractivity contribution in [3.63, 3.8) is 0 Å². The Bertz CT molecular complexity index is 1110. The highest BCUT2D eigenvalue weighted by Crippen LogP contribution is 2.34. The van der Waals surface area contributed by atoms with Gasteiger partial charge in [-0.25, -0.2) is 4.79 Å². The fourth-order valence-corrected chi connectivity index (χ4v) is 3.70. The summed E-state index contributed by atoms with van der Waals surface area (Å²) in [5.74, 6) is -0.918. The maximum atomic E-state index is 13.3. The highest BCUT2D eigenvalue weighted by Gasteiger charge is 2.38. The van der Waals surface area contributed by atoms with E-state index in [4.69, 9.17) is 4.74 Å². The number of benzene rings is 3. The number of esters is 1. The number of anilines is 2. The molecule has 6 heteroatoms. The Balaban J connectivity index is 1.56. The summed E-state index contributed by atoms with van der Waals surface area (Å²) in [4.78, 5) is 39.8. The van der Waals surface area contributed by atoms with Crippen LogP contribution >= 0.6 is 0 Å². The van der Waals surface area contributed by atoms with Crippen LogP contribution in [0.4, 0.5) is 11.4 Å². The number of para-hydroxylation sites is 1. The van der Waals surface area contributed by atoms with Gasteiger partial charge in [0.2, 0.25) is 5.91 Å². The maximum Gasteiger partial charge on any atom is 0.338 e. The first-order valence-electron chi connectivity index (χ1n) is 10.1. The molecule has 1 heterocycles. The molecule has 156 valence electrons. The van der Waals surface area contributed by atoms with E-state index in [2.05, 4.69) is 5.32 Å². The van der Waals surface area contributed by atoms with Crippen molar-refractivity contribution in [2.75, 3.05) is 16.8 Å². The van der Waals surface area contributed by atoms with Crippen LogP contribution in [0.1, 0.15) is 33.2 Å². The van der Waals surface area contributed by atoms with E-state index >= 15 is 0 Å². The van der Waals surface area contributed by atoms with Gasteiger partial charge in [0.05, 0.1) is 12.2 Å². The van der Waals surface area contributed by atoms with Crippen LogP contribution in [0.3, 0.4) is 0 Å². The summed E-state index contributed by atoms with van der Waals surface area (Å²) in [6.45, 7) is 2.04. The molecular formula is C25H22N2O4. The largest absolute Gasteiger partial charge is 0.462 e. The zero-order valence-electron chi connectivity index (χ0n) is 17.1. The zero-order valence-corrected chi connectivity index (χ0v) is 17.1. The quantitative estimate of drug-likeness (QED) is 0.639. The van der Waals surface area contributed by atoms with Crippen LogP contribution in [0, 0.1) is 0 Å². The minimum Gasteiger partial charge on any atom is -0.462 e. The van der Waals surface area contributed by atoms with E-state index in [1.54, 1.807) is 60.4 Å². The molecule has 0 saturated heterocycles. The first-order chi connectivity index (χ1) is 15.1. The van der Waals surface area contributed by atoms with Crippen LogP contribution in [0.2, 0.25) is 0 Å². The van der Waals surface area contributed by atoms with Crippen molar-refractivity contribution in [1.29, 1.82) is 0 Å². The molecule has 1 N–H and O–H groups in total. The van der Waals surface area contributed by atoms with Crippen LogP contribution in [0.15, 0.2) is 78.9 Å². The molecule has 3 aromatic carbocycles. The minimum atomic E-state index is -0.671. The molecule has 1 atom stereocenters. The predicted molar refractivity (Wildman–Crippen MR) is 118 cm³/mol. The van der Waals surface area contributed by atoms with Crippen LogP contribution in [0.5, 0.6) is 0 Å². The number of ether oxygens (including phenoxy) is 1. The summed E-state index contributed by atoms with van der Waals surface area (Å²) < 4.78 is 4.98. The average Bonchev–Trinajstić information content (AvgIpc) is 3.19. The Morgan fingerprint density at radius 3 is 2.29 bits per heavy atom. The van der Waals surface area contributed by atoms with Crippen molar-refractivity contribution >= 4 is 29.2 Å². The third-order valence-corrected chi connectivity index (χ3v) is 5.18. The van der Waals surface area contributed by atoms with Crippen LogP contribution in [-0.4, -0.2) is 30.4 Å². The van der Waals surface area contributed by atoms with Crippen molar-refractivity contribution in [3.05, 3.63) is 95.6 Å². The van der Waals surface area contributed by atoms with Gasteiger partial charge >= 0.3 is 5.97 Å². The molecule has 31 heavy (non-hydrogen) atoms. The highest BCUT2D eigenvalue weighted by atomic mass is 16.5.